The maximum Gasteiger partial charge on any atom is 0.337 e. The van der Waals surface area contributed by atoms with Gasteiger partial charge in [0.2, 0.25) is 5.91 Å². The number of aromatic nitrogens is 1. The second-order valence-electron chi connectivity index (χ2n) is 8.40. The van der Waals surface area contributed by atoms with Crippen molar-refractivity contribution in [2.75, 3.05) is 31.7 Å². The Morgan fingerprint density at radius 2 is 1.81 bits per heavy atom. The van der Waals surface area contributed by atoms with Gasteiger partial charge in [0.25, 0.3) is 5.91 Å². The van der Waals surface area contributed by atoms with E-state index in [0.29, 0.717) is 40.0 Å². The fourth-order valence-corrected chi connectivity index (χ4v) is 6.19. The molecule has 1 saturated heterocycles. The maximum absolute atomic E-state index is 12.5. The van der Waals surface area contributed by atoms with Crippen molar-refractivity contribution in [3.05, 3.63) is 28.6 Å². The van der Waals surface area contributed by atoms with Gasteiger partial charge in [0, 0.05) is 20.1 Å². The molecule has 1 aromatic carbocycles. The summed E-state index contributed by atoms with van der Waals surface area (Å²) < 4.78 is 32.0. The van der Waals surface area contributed by atoms with Crippen LogP contribution in [0.25, 0.3) is 10.2 Å². The Kier molecular flexibility index (Phi) is 7.19. The van der Waals surface area contributed by atoms with Gasteiger partial charge in [-0.1, -0.05) is 25.2 Å². The van der Waals surface area contributed by atoms with Gasteiger partial charge in [-0.05, 0) is 36.5 Å². The molecule has 3 rings (SSSR count). The number of likely N-dealkylation sites (tertiary alicyclic amines) is 1. The highest BCUT2D eigenvalue weighted by Crippen LogP contribution is 2.21. The molecule has 32 heavy (non-hydrogen) atoms. The summed E-state index contributed by atoms with van der Waals surface area (Å²) in [5, 5.41) is 0. The standard InChI is InChI=1S/C21H27N3O6S2/c1-13-7-14(2)10-24(9-13)19(26)12-32(28,29)11-18(25)22-21-23(3)16-6-5-15(20(27)30-4)8-17(16)31-21/h5-6,8,13-14H,7,9-12H2,1-4H3. The van der Waals surface area contributed by atoms with E-state index >= 15 is 0 Å². The molecule has 0 saturated carbocycles. The van der Waals surface area contributed by atoms with E-state index in [1.165, 1.54) is 7.11 Å². The number of piperidine rings is 1. The van der Waals surface area contributed by atoms with Gasteiger partial charge in [-0.25, -0.2) is 13.2 Å². The highest BCUT2D eigenvalue weighted by molar-refractivity contribution is 7.92. The molecule has 0 N–H and O–H groups in total. The molecule has 174 valence electrons. The summed E-state index contributed by atoms with van der Waals surface area (Å²) in [7, 11) is -0.965. The van der Waals surface area contributed by atoms with Crippen LogP contribution in [0.5, 0.6) is 0 Å². The minimum absolute atomic E-state index is 0.298. The van der Waals surface area contributed by atoms with E-state index in [-0.39, 0.29) is 0 Å². The predicted octanol–water partition coefficient (Wildman–Crippen LogP) is 1.37. The van der Waals surface area contributed by atoms with Crippen LogP contribution >= 0.6 is 11.3 Å². The number of carbonyl (C=O) groups is 3. The molecule has 2 heterocycles. The number of hydrogen-bond acceptors (Lipinski definition) is 7. The van der Waals surface area contributed by atoms with Gasteiger partial charge in [0.15, 0.2) is 14.6 Å². The SMILES string of the molecule is COC(=O)c1ccc2c(c1)sc(=NC(=O)CS(=O)(=O)CC(=O)N1CC(C)CC(C)C1)n2C. The van der Waals surface area contributed by atoms with Crippen molar-refractivity contribution >= 4 is 49.2 Å². The Hall–Kier alpha value is -2.53. The number of amides is 2. The number of nitrogens with zero attached hydrogens (tertiary/aromatic N) is 3. The topological polar surface area (TPSA) is 115 Å². The van der Waals surface area contributed by atoms with Crippen LogP contribution in [0.15, 0.2) is 23.2 Å². The number of benzene rings is 1. The van der Waals surface area contributed by atoms with Crippen molar-refractivity contribution in [2.24, 2.45) is 23.9 Å². The molecule has 9 nitrogen and oxygen atoms in total. The zero-order valence-electron chi connectivity index (χ0n) is 18.5. The van der Waals surface area contributed by atoms with Crippen molar-refractivity contribution in [3.8, 4) is 0 Å². The molecule has 11 heteroatoms. The third-order valence-electron chi connectivity index (χ3n) is 5.36. The van der Waals surface area contributed by atoms with Gasteiger partial charge in [0.05, 0.1) is 22.9 Å². The lowest BCUT2D eigenvalue weighted by Crippen LogP contribution is -2.45. The molecule has 0 aliphatic carbocycles. The molecule has 0 radical (unpaired) electrons. The van der Waals surface area contributed by atoms with Crippen molar-refractivity contribution in [1.82, 2.24) is 9.47 Å². The smallest absolute Gasteiger partial charge is 0.337 e. The highest BCUT2D eigenvalue weighted by atomic mass is 32.2. The van der Waals surface area contributed by atoms with Gasteiger partial charge in [-0.3, -0.25) is 9.59 Å². The summed E-state index contributed by atoms with van der Waals surface area (Å²) in [4.78, 5) is 42.4. The number of methoxy groups -OCH3 is 1. The number of thiazole rings is 1. The molecular weight excluding hydrogens is 454 g/mol. The average Bonchev–Trinajstić information content (AvgIpc) is 3.00. The summed E-state index contributed by atoms with van der Waals surface area (Å²) >= 11 is 1.16. The van der Waals surface area contributed by atoms with Crippen molar-refractivity contribution in [2.45, 2.75) is 20.3 Å². The summed E-state index contributed by atoms with van der Waals surface area (Å²) in [5.74, 6) is -2.70. The van der Waals surface area contributed by atoms with E-state index < -0.39 is 39.1 Å². The highest BCUT2D eigenvalue weighted by Gasteiger charge is 2.29. The van der Waals surface area contributed by atoms with Crippen LogP contribution in [-0.2, 0) is 31.2 Å². The monoisotopic (exact) mass is 481 g/mol. The third-order valence-corrected chi connectivity index (χ3v) is 7.83. The summed E-state index contributed by atoms with van der Waals surface area (Å²) in [6.07, 6.45) is 1.00. The number of fused-ring (bicyclic) bond motifs is 1. The molecular formula is C21H27N3O6S2. The number of rotatable bonds is 5. The van der Waals surface area contributed by atoms with E-state index in [4.69, 9.17) is 4.74 Å². The minimum Gasteiger partial charge on any atom is -0.465 e. The summed E-state index contributed by atoms with van der Waals surface area (Å²) in [6, 6.07) is 4.94. The van der Waals surface area contributed by atoms with Crippen LogP contribution in [0.4, 0.5) is 0 Å². The molecule has 1 aromatic heterocycles. The van der Waals surface area contributed by atoms with Gasteiger partial charge in [0.1, 0.15) is 11.5 Å². The van der Waals surface area contributed by atoms with Crippen LogP contribution in [-0.4, -0.2) is 67.4 Å². The molecule has 2 aromatic rings. The van der Waals surface area contributed by atoms with E-state index in [1.807, 2.05) is 13.8 Å². The number of carbonyl (C=O) groups excluding carboxylic acids is 3. The first kappa shape index (κ1) is 24.1. The van der Waals surface area contributed by atoms with Crippen LogP contribution in [0.3, 0.4) is 0 Å². The van der Waals surface area contributed by atoms with Crippen molar-refractivity contribution < 1.29 is 27.5 Å². The van der Waals surface area contributed by atoms with Gasteiger partial charge in [-0.15, -0.1) is 0 Å². The Morgan fingerprint density at radius 3 is 2.44 bits per heavy atom. The van der Waals surface area contributed by atoms with Crippen molar-refractivity contribution in [3.63, 3.8) is 0 Å². The molecule has 1 aliphatic heterocycles. The molecule has 2 unspecified atom stereocenters. The second-order valence-corrected chi connectivity index (χ2v) is 11.5. The number of esters is 1. The van der Waals surface area contributed by atoms with Crippen LogP contribution in [0, 0.1) is 11.8 Å². The Labute approximate surface area is 190 Å². The molecule has 2 amide bonds. The van der Waals surface area contributed by atoms with Gasteiger partial charge < -0.3 is 14.2 Å². The van der Waals surface area contributed by atoms with E-state index in [0.717, 1.165) is 23.3 Å². The quantitative estimate of drug-likeness (QED) is 0.596. The fraction of sp³-hybridized carbons (Fsp3) is 0.524. The molecule has 1 fully saturated rings. The van der Waals surface area contributed by atoms with E-state index in [1.54, 1.807) is 34.7 Å². The Bertz CT molecular complexity index is 1220. The van der Waals surface area contributed by atoms with E-state index in [9.17, 15) is 22.8 Å². The lowest BCUT2D eigenvalue weighted by atomic mass is 9.92. The van der Waals surface area contributed by atoms with Crippen LogP contribution in [0.1, 0.15) is 30.6 Å². The predicted molar refractivity (Wildman–Crippen MR) is 121 cm³/mol. The average molecular weight is 482 g/mol. The lowest BCUT2D eigenvalue weighted by Gasteiger charge is -2.34. The third kappa shape index (κ3) is 5.63. The molecule has 0 spiro atoms. The Morgan fingerprint density at radius 1 is 1.16 bits per heavy atom. The zero-order chi connectivity index (χ0) is 23.6. The number of sulfone groups is 1. The van der Waals surface area contributed by atoms with Gasteiger partial charge in [-0.2, -0.15) is 4.99 Å². The van der Waals surface area contributed by atoms with E-state index in [2.05, 4.69) is 4.99 Å². The first-order valence-electron chi connectivity index (χ1n) is 10.2. The number of aryl methyl sites for hydroxylation is 1. The summed E-state index contributed by atoms with van der Waals surface area (Å²) in [5.41, 5.74) is 1.10. The van der Waals surface area contributed by atoms with Crippen LogP contribution in [0.2, 0.25) is 0 Å². The zero-order valence-corrected chi connectivity index (χ0v) is 20.2. The first-order valence-corrected chi connectivity index (χ1v) is 12.9. The minimum atomic E-state index is -3.95. The number of hydrogen-bond donors (Lipinski definition) is 0. The molecule has 0 bridgehead atoms. The van der Waals surface area contributed by atoms with Gasteiger partial charge >= 0.3 is 5.97 Å². The normalized spacial score (nSPS) is 19.9. The van der Waals surface area contributed by atoms with Crippen LogP contribution < -0.4 is 4.80 Å². The lowest BCUT2D eigenvalue weighted by molar-refractivity contribution is -0.131. The molecule has 2 atom stereocenters. The van der Waals surface area contributed by atoms with Crippen molar-refractivity contribution in [1.29, 1.82) is 0 Å². The first-order chi connectivity index (χ1) is 15.0. The molecule has 1 aliphatic rings. The summed E-state index contributed by atoms with van der Waals surface area (Å²) in [6.45, 7) is 5.13. The number of ether oxygens (including phenoxy) is 1. The Balaban J connectivity index is 1.74. The largest absolute Gasteiger partial charge is 0.465 e. The maximum atomic E-state index is 12.5. The second kappa shape index (κ2) is 9.53. The fourth-order valence-electron chi connectivity index (χ4n) is 4.01.